The van der Waals surface area contributed by atoms with E-state index in [1.165, 1.54) is 12.4 Å². The fourth-order valence-corrected chi connectivity index (χ4v) is 1.44. The lowest BCUT2D eigenvalue weighted by Crippen LogP contribution is -2.31. The highest BCUT2D eigenvalue weighted by atomic mass is 16.2. The van der Waals surface area contributed by atoms with Gasteiger partial charge in [0.1, 0.15) is 0 Å². The van der Waals surface area contributed by atoms with Crippen molar-refractivity contribution in [2.45, 2.75) is 20.3 Å². The largest absolute Gasteiger partial charge is 0.396 e. The highest BCUT2D eigenvalue weighted by Gasteiger charge is 2.08. The first kappa shape index (κ1) is 13.2. The van der Waals surface area contributed by atoms with Gasteiger partial charge in [-0.2, -0.15) is 0 Å². The fraction of sp³-hybridized carbons (Fsp3) is 0.545. The van der Waals surface area contributed by atoms with Crippen molar-refractivity contribution in [2.24, 2.45) is 0 Å². The van der Waals surface area contributed by atoms with Crippen molar-refractivity contribution in [1.29, 1.82) is 0 Å². The molecule has 0 atom stereocenters. The van der Waals surface area contributed by atoms with Crippen molar-refractivity contribution in [3.8, 4) is 0 Å². The van der Waals surface area contributed by atoms with Gasteiger partial charge in [-0.1, -0.05) is 0 Å². The monoisotopic (exact) mass is 237 g/mol. The minimum atomic E-state index is 0.137. The van der Waals surface area contributed by atoms with Gasteiger partial charge < -0.3 is 16.0 Å². The van der Waals surface area contributed by atoms with Crippen molar-refractivity contribution >= 4 is 17.5 Å². The van der Waals surface area contributed by atoms with E-state index in [4.69, 9.17) is 5.73 Å². The third-order valence-electron chi connectivity index (χ3n) is 2.41. The van der Waals surface area contributed by atoms with Gasteiger partial charge in [0, 0.05) is 26.1 Å². The van der Waals surface area contributed by atoms with Crippen LogP contribution in [0.25, 0.3) is 0 Å². The Morgan fingerprint density at radius 1 is 1.35 bits per heavy atom. The molecule has 6 nitrogen and oxygen atoms in total. The molecular weight excluding hydrogens is 218 g/mol. The standard InChI is InChI=1S/C11H19N5O/c1-3-16(4-2)10(17)5-6-13-11-14-7-9(12)8-15-11/h7-8H,3-6,12H2,1-2H3,(H,13,14,15). The summed E-state index contributed by atoms with van der Waals surface area (Å²) in [6, 6.07) is 0. The molecular formula is C11H19N5O. The van der Waals surface area contributed by atoms with E-state index >= 15 is 0 Å². The van der Waals surface area contributed by atoms with Crippen molar-refractivity contribution in [1.82, 2.24) is 14.9 Å². The molecule has 17 heavy (non-hydrogen) atoms. The molecule has 6 heteroatoms. The average molecular weight is 237 g/mol. The summed E-state index contributed by atoms with van der Waals surface area (Å²) in [5.41, 5.74) is 5.99. The maximum absolute atomic E-state index is 11.7. The Hall–Kier alpha value is -1.85. The summed E-state index contributed by atoms with van der Waals surface area (Å²) in [4.78, 5) is 21.4. The van der Waals surface area contributed by atoms with Crippen molar-refractivity contribution in [3.05, 3.63) is 12.4 Å². The lowest BCUT2D eigenvalue weighted by atomic mass is 10.3. The summed E-state index contributed by atoms with van der Waals surface area (Å²) in [5, 5.41) is 2.98. The lowest BCUT2D eigenvalue weighted by Gasteiger charge is -2.18. The zero-order valence-electron chi connectivity index (χ0n) is 10.3. The predicted octanol–water partition coefficient (Wildman–Crippen LogP) is 0.729. The third-order valence-corrected chi connectivity index (χ3v) is 2.41. The number of carbonyl (C=O) groups is 1. The number of hydrogen-bond donors (Lipinski definition) is 2. The van der Waals surface area contributed by atoms with Crippen molar-refractivity contribution < 1.29 is 4.79 Å². The van der Waals surface area contributed by atoms with Crippen LogP contribution in [0.2, 0.25) is 0 Å². The van der Waals surface area contributed by atoms with Crippen LogP contribution in [0.4, 0.5) is 11.6 Å². The molecule has 0 unspecified atom stereocenters. The van der Waals surface area contributed by atoms with Crippen LogP contribution in [0, 0.1) is 0 Å². The molecule has 1 rings (SSSR count). The molecule has 0 aliphatic rings. The Labute approximate surface area is 101 Å². The molecule has 1 amide bonds. The van der Waals surface area contributed by atoms with E-state index in [0.29, 0.717) is 24.6 Å². The van der Waals surface area contributed by atoms with Crippen LogP contribution in [0.1, 0.15) is 20.3 Å². The van der Waals surface area contributed by atoms with Crippen LogP contribution < -0.4 is 11.1 Å². The predicted molar refractivity (Wildman–Crippen MR) is 67.5 cm³/mol. The van der Waals surface area contributed by atoms with E-state index in [9.17, 15) is 4.79 Å². The molecule has 1 aromatic heterocycles. The first-order chi connectivity index (χ1) is 8.17. The van der Waals surface area contributed by atoms with Gasteiger partial charge in [0.15, 0.2) is 0 Å². The van der Waals surface area contributed by atoms with Crippen molar-refractivity contribution in [3.63, 3.8) is 0 Å². The Morgan fingerprint density at radius 2 is 1.94 bits per heavy atom. The Morgan fingerprint density at radius 3 is 2.47 bits per heavy atom. The summed E-state index contributed by atoms with van der Waals surface area (Å²) < 4.78 is 0. The smallest absolute Gasteiger partial charge is 0.224 e. The number of carbonyl (C=O) groups excluding carboxylic acids is 1. The maximum atomic E-state index is 11.7. The van der Waals surface area contributed by atoms with Gasteiger partial charge in [0.2, 0.25) is 11.9 Å². The second-order valence-electron chi connectivity index (χ2n) is 3.58. The number of hydrogen-bond acceptors (Lipinski definition) is 5. The van der Waals surface area contributed by atoms with E-state index in [1.54, 1.807) is 4.90 Å². The van der Waals surface area contributed by atoms with Gasteiger partial charge in [0.05, 0.1) is 18.1 Å². The normalized spacial score (nSPS) is 10.0. The highest BCUT2D eigenvalue weighted by molar-refractivity contribution is 5.76. The van der Waals surface area contributed by atoms with E-state index in [-0.39, 0.29) is 5.91 Å². The number of rotatable bonds is 6. The second-order valence-corrected chi connectivity index (χ2v) is 3.58. The summed E-state index contributed by atoms with van der Waals surface area (Å²) >= 11 is 0. The number of nitrogens with zero attached hydrogens (tertiary/aromatic N) is 3. The van der Waals surface area contributed by atoms with E-state index in [0.717, 1.165) is 13.1 Å². The quantitative estimate of drug-likeness (QED) is 0.762. The van der Waals surface area contributed by atoms with Gasteiger partial charge >= 0.3 is 0 Å². The number of anilines is 2. The van der Waals surface area contributed by atoms with Gasteiger partial charge in [-0.25, -0.2) is 9.97 Å². The second kappa shape index (κ2) is 6.67. The molecule has 0 spiro atoms. The zero-order valence-corrected chi connectivity index (χ0v) is 10.3. The molecule has 0 saturated heterocycles. The number of nitrogens with two attached hydrogens (primary N) is 1. The molecule has 0 aromatic carbocycles. The molecule has 0 saturated carbocycles. The number of nitrogen functional groups attached to an aromatic ring is 1. The van der Waals surface area contributed by atoms with E-state index in [1.807, 2.05) is 13.8 Å². The molecule has 1 heterocycles. The van der Waals surface area contributed by atoms with E-state index in [2.05, 4.69) is 15.3 Å². The Kier molecular flexibility index (Phi) is 5.19. The summed E-state index contributed by atoms with van der Waals surface area (Å²) in [5.74, 6) is 0.629. The third kappa shape index (κ3) is 4.26. The maximum Gasteiger partial charge on any atom is 0.224 e. The van der Waals surface area contributed by atoms with Crippen molar-refractivity contribution in [2.75, 3.05) is 30.7 Å². The first-order valence-electron chi connectivity index (χ1n) is 5.76. The fourth-order valence-electron chi connectivity index (χ4n) is 1.44. The zero-order chi connectivity index (χ0) is 12.7. The topological polar surface area (TPSA) is 84.1 Å². The molecule has 0 aliphatic carbocycles. The summed E-state index contributed by atoms with van der Waals surface area (Å²) in [6.45, 7) is 5.95. The first-order valence-corrected chi connectivity index (χ1v) is 5.76. The van der Waals surface area contributed by atoms with Crippen LogP contribution in [0.3, 0.4) is 0 Å². The van der Waals surface area contributed by atoms with Crippen LogP contribution in [-0.2, 0) is 4.79 Å². The average Bonchev–Trinajstić information content (AvgIpc) is 2.33. The Bertz CT molecular complexity index is 347. The molecule has 0 fully saturated rings. The highest BCUT2D eigenvalue weighted by Crippen LogP contribution is 2.01. The molecule has 3 N–H and O–H groups in total. The minimum absolute atomic E-state index is 0.137. The minimum Gasteiger partial charge on any atom is -0.396 e. The van der Waals surface area contributed by atoms with Gasteiger partial charge in [0.25, 0.3) is 0 Å². The van der Waals surface area contributed by atoms with Gasteiger partial charge in [-0.15, -0.1) is 0 Å². The number of aromatic nitrogens is 2. The molecule has 0 aliphatic heterocycles. The Balaban J connectivity index is 2.32. The van der Waals surface area contributed by atoms with Gasteiger partial charge in [-0.3, -0.25) is 4.79 Å². The van der Waals surface area contributed by atoms with Crippen LogP contribution in [0.5, 0.6) is 0 Å². The molecule has 0 bridgehead atoms. The van der Waals surface area contributed by atoms with Crippen LogP contribution >= 0.6 is 0 Å². The lowest BCUT2D eigenvalue weighted by molar-refractivity contribution is -0.130. The SMILES string of the molecule is CCN(CC)C(=O)CCNc1ncc(N)cn1. The molecule has 1 aromatic rings. The molecule has 0 radical (unpaired) electrons. The van der Waals surface area contributed by atoms with Gasteiger partial charge in [-0.05, 0) is 13.8 Å². The number of amides is 1. The summed E-state index contributed by atoms with van der Waals surface area (Å²) in [7, 11) is 0. The summed E-state index contributed by atoms with van der Waals surface area (Å²) in [6.07, 6.45) is 3.50. The molecule has 94 valence electrons. The number of nitrogens with one attached hydrogen (secondary N) is 1. The van der Waals surface area contributed by atoms with Crippen LogP contribution in [0.15, 0.2) is 12.4 Å². The van der Waals surface area contributed by atoms with E-state index < -0.39 is 0 Å². The van der Waals surface area contributed by atoms with Crippen LogP contribution in [-0.4, -0.2) is 40.4 Å².